The number of benzene rings is 2. The molecule has 0 aromatic heterocycles. The molecule has 0 saturated heterocycles. The lowest BCUT2D eigenvalue weighted by atomic mass is 9.98. The van der Waals surface area contributed by atoms with E-state index in [0.29, 0.717) is 19.4 Å². The first-order valence-electron chi connectivity index (χ1n) is 8.13. The van der Waals surface area contributed by atoms with Gasteiger partial charge in [0.1, 0.15) is 5.82 Å². The van der Waals surface area contributed by atoms with Crippen molar-refractivity contribution < 1.29 is 18.7 Å². The fourth-order valence-corrected chi connectivity index (χ4v) is 3.22. The number of carbonyl (C=O) groups excluding carboxylic acids is 1. The third-order valence-electron chi connectivity index (χ3n) is 4.60. The summed E-state index contributed by atoms with van der Waals surface area (Å²) in [7, 11) is 0. The maximum Gasteiger partial charge on any atom is 0.231 e. The Kier molecular flexibility index (Phi) is 3.84. The van der Waals surface area contributed by atoms with Crippen molar-refractivity contribution in [2.45, 2.75) is 25.8 Å². The third-order valence-corrected chi connectivity index (χ3v) is 4.60. The van der Waals surface area contributed by atoms with Crippen LogP contribution in [0.5, 0.6) is 11.5 Å². The van der Waals surface area contributed by atoms with Crippen LogP contribution >= 0.6 is 0 Å². The van der Waals surface area contributed by atoms with Crippen LogP contribution in [0.1, 0.15) is 23.1 Å². The van der Waals surface area contributed by atoms with Gasteiger partial charge in [0.15, 0.2) is 11.5 Å². The van der Waals surface area contributed by atoms with Gasteiger partial charge in [-0.2, -0.15) is 0 Å². The van der Waals surface area contributed by atoms with Gasteiger partial charge in [0.05, 0.1) is 0 Å². The second-order valence-corrected chi connectivity index (χ2v) is 6.17. The van der Waals surface area contributed by atoms with Crippen molar-refractivity contribution >= 4 is 5.91 Å². The summed E-state index contributed by atoms with van der Waals surface area (Å²) in [5.74, 6) is 1.43. The molecule has 0 saturated carbocycles. The Hall–Kier alpha value is -2.56. The Morgan fingerprint density at radius 1 is 1.08 bits per heavy atom. The van der Waals surface area contributed by atoms with Crippen LogP contribution in [0.15, 0.2) is 36.4 Å². The van der Waals surface area contributed by atoms with E-state index in [1.54, 1.807) is 12.1 Å². The summed E-state index contributed by atoms with van der Waals surface area (Å²) in [5.41, 5.74) is 3.33. The average molecular weight is 327 g/mol. The molecule has 4 nitrogen and oxygen atoms in total. The molecule has 4 rings (SSSR count). The minimum absolute atomic E-state index is 0.127. The molecule has 0 unspecified atom stereocenters. The van der Waals surface area contributed by atoms with Crippen LogP contribution in [0.4, 0.5) is 4.39 Å². The molecule has 0 radical (unpaired) electrons. The smallest absolute Gasteiger partial charge is 0.231 e. The van der Waals surface area contributed by atoms with Crippen LogP contribution in [0.2, 0.25) is 0 Å². The first kappa shape index (κ1) is 15.0. The van der Waals surface area contributed by atoms with E-state index in [-0.39, 0.29) is 18.5 Å². The molecule has 0 bridgehead atoms. The molecule has 2 aromatic carbocycles. The number of carbonyl (C=O) groups is 1. The molecule has 1 amide bonds. The summed E-state index contributed by atoms with van der Waals surface area (Å²) < 4.78 is 23.7. The van der Waals surface area contributed by atoms with Crippen LogP contribution in [-0.4, -0.2) is 24.1 Å². The molecule has 2 heterocycles. The van der Waals surface area contributed by atoms with Gasteiger partial charge in [-0.15, -0.1) is 0 Å². The highest BCUT2D eigenvalue weighted by molar-refractivity contribution is 5.77. The van der Waals surface area contributed by atoms with Crippen molar-refractivity contribution in [3.8, 4) is 11.5 Å². The SMILES string of the molecule is O=C(CCc1ccc(F)cc1)N1CCc2cc3c(cc2C1)OCO3. The lowest BCUT2D eigenvalue weighted by Crippen LogP contribution is -2.36. The molecule has 2 aromatic rings. The number of amides is 1. The van der Waals surface area contributed by atoms with Crippen molar-refractivity contribution in [1.29, 1.82) is 0 Å². The second kappa shape index (κ2) is 6.15. The number of fused-ring (bicyclic) bond motifs is 2. The maximum atomic E-state index is 12.9. The number of hydrogen-bond donors (Lipinski definition) is 0. The fraction of sp³-hybridized carbons (Fsp3) is 0.316. The molecule has 0 N–H and O–H groups in total. The van der Waals surface area contributed by atoms with Gasteiger partial charge in [0.25, 0.3) is 0 Å². The van der Waals surface area contributed by atoms with Crippen LogP contribution in [0, 0.1) is 5.82 Å². The maximum absolute atomic E-state index is 12.9. The first-order valence-corrected chi connectivity index (χ1v) is 8.13. The quantitative estimate of drug-likeness (QED) is 0.870. The van der Waals surface area contributed by atoms with Gasteiger partial charge in [-0.1, -0.05) is 12.1 Å². The first-order chi connectivity index (χ1) is 11.7. The van der Waals surface area contributed by atoms with Crippen LogP contribution in [0.25, 0.3) is 0 Å². The van der Waals surface area contributed by atoms with Crippen molar-refractivity contribution in [2.75, 3.05) is 13.3 Å². The molecule has 2 aliphatic heterocycles. The van der Waals surface area contributed by atoms with Crippen LogP contribution in [-0.2, 0) is 24.2 Å². The number of ether oxygens (including phenoxy) is 2. The van der Waals surface area contributed by atoms with Gasteiger partial charge in [-0.05, 0) is 53.8 Å². The highest BCUT2D eigenvalue weighted by Gasteiger charge is 2.24. The van der Waals surface area contributed by atoms with Gasteiger partial charge in [-0.25, -0.2) is 4.39 Å². The van der Waals surface area contributed by atoms with Crippen molar-refractivity contribution in [3.05, 3.63) is 58.9 Å². The predicted molar refractivity (Wildman–Crippen MR) is 86.4 cm³/mol. The topological polar surface area (TPSA) is 38.8 Å². The van der Waals surface area contributed by atoms with Crippen LogP contribution in [0.3, 0.4) is 0 Å². The number of halogens is 1. The van der Waals surface area contributed by atoms with Gasteiger partial charge in [0, 0.05) is 19.5 Å². The van der Waals surface area contributed by atoms with E-state index in [2.05, 4.69) is 0 Å². The van der Waals surface area contributed by atoms with E-state index in [9.17, 15) is 9.18 Å². The van der Waals surface area contributed by atoms with E-state index >= 15 is 0 Å². The van der Waals surface area contributed by atoms with Crippen molar-refractivity contribution in [1.82, 2.24) is 4.90 Å². The summed E-state index contributed by atoms with van der Waals surface area (Å²) in [6.45, 7) is 1.58. The normalized spacial score (nSPS) is 15.3. The second-order valence-electron chi connectivity index (χ2n) is 6.17. The Morgan fingerprint density at radius 3 is 2.54 bits per heavy atom. The largest absolute Gasteiger partial charge is 0.454 e. The van der Waals surface area contributed by atoms with Crippen molar-refractivity contribution in [2.24, 2.45) is 0 Å². The highest BCUT2D eigenvalue weighted by Crippen LogP contribution is 2.36. The summed E-state index contributed by atoms with van der Waals surface area (Å²) in [4.78, 5) is 14.4. The molecule has 24 heavy (non-hydrogen) atoms. The lowest BCUT2D eigenvalue weighted by molar-refractivity contribution is -0.132. The van der Waals surface area contributed by atoms with Crippen LogP contribution < -0.4 is 9.47 Å². The lowest BCUT2D eigenvalue weighted by Gasteiger charge is -2.29. The summed E-state index contributed by atoms with van der Waals surface area (Å²) in [6, 6.07) is 10.3. The Labute approximate surface area is 139 Å². The minimum atomic E-state index is -0.253. The summed E-state index contributed by atoms with van der Waals surface area (Å²) in [6.07, 6.45) is 1.89. The zero-order valence-electron chi connectivity index (χ0n) is 13.3. The van der Waals surface area contributed by atoms with E-state index in [1.165, 1.54) is 17.7 Å². The number of nitrogens with zero attached hydrogens (tertiary/aromatic N) is 1. The summed E-state index contributed by atoms with van der Waals surface area (Å²) >= 11 is 0. The Morgan fingerprint density at radius 2 is 1.79 bits per heavy atom. The monoisotopic (exact) mass is 327 g/mol. The Bertz CT molecular complexity index is 773. The Balaban J connectivity index is 1.40. The van der Waals surface area contributed by atoms with E-state index in [0.717, 1.165) is 35.6 Å². The standard InChI is InChI=1S/C19H18FNO3/c20-16-4-1-13(2-5-16)3-6-19(22)21-8-7-14-9-17-18(24-12-23-17)10-15(14)11-21/h1-2,4-5,9-10H,3,6-8,11-12H2. The van der Waals surface area contributed by atoms with Gasteiger partial charge in [0.2, 0.25) is 12.7 Å². The van der Waals surface area contributed by atoms with E-state index < -0.39 is 0 Å². The van der Waals surface area contributed by atoms with Gasteiger partial charge >= 0.3 is 0 Å². The summed E-state index contributed by atoms with van der Waals surface area (Å²) in [5, 5.41) is 0. The van der Waals surface area contributed by atoms with Gasteiger partial charge in [-0.3, -0.25) is 4.79 Å². The third kappa shape index (κ3) is 2.94. The predicted octanol–water partition coefficient (Wildman–Crippen LogP) is 3.07. The highest BCUT2D eigenvalue weighted by atomic mass is 19.1. The molecule has 0 aliphatic carbocycles. The molecule has 124 valence electrons. The van der Waals surface area contributed by atoms with Gasteiger partial charge < -0.3 is 14.4 Å². The van der Waals surface area contributed by atoms with Crippen molar-refractivity contribution in [3.63, 3.8) is 0 Å². The molecule has 0 atom stereocenters. The molecule has 2 aliphatic rings. The zero-order chi connectivity index (χ0) is 16.5. The zero-order valence-corrected chi connectivity index (χ0v) is 13.3. The average Bonchev–Trinajstić information content (AvgIpc) is 3.05. The number of aryl methyl sites for hydroxylation is 1. The minimum Gasteiger partial charge on any atom is -0.454 e. The van der Waals surface area contributed by atoms with E-state index in [4.69, 9.17) is 9.47 Å². The number of rotatable bonds is 3. The molecular weight excluding hydrogens is 309 g/mol. The van der Waals surface area contributed by atoms with E-state index in [1.807, 2.05) is 17.0 Å². The molecular formula is C19H18FNO3. The molecule has 5 heteroatoms. The molecule has 0 fully saturated rings. The number of hydrogen-bond acceptors (Lipinski definition) is 3. The fourth-order valence-electron chi connectivity index (χ4n) is 3.22. The molecule has 0 spiro atoms.